The molecule has 0 bridgehead atoms. The Morgan fingerprint density at radius 1 is 1.45 bits per heavy atom. The van der Waals surface area contributed by atoms with Crippen molar-refractivity contribution in [2.24, 2.45) is 7.05 Å². The average molecular weight is 275 g/mol. The van der Waals surface area contributed by atoms with E-state index in [1.807, 2.05) is 17.8 Å². The third-order valence-corrected chi connectivity index (χ3v) is 4.07. The zero-order chi connectivity index (χ0) is 14.0. The van der Waals surface area contributed by atoms with Gasteiger partial charge in [-0.15, -0.1) is 0 Å². The van der Waals surface area contributed by atoms with Gasteiger partial charge in [-0.2, -0.15) is 5.10 Å². The Bertz CT molecular complexity index is 588. The van der Waals surface area contributed by atoms with E-state index in [-0.39, 0.29) is 5.60 Å². The van der Waals surface area contributed by atoms with E-state index < -0.39 is 0 Å². The average Bonchev–Trinajstić information content (AvgIpc) is 3.06. The third-order valence-electron chi connectivity index (χ3n) is 4.07. The highest BCUT2D eigenvalue weighted by Crippen LogP contribution is 2.22. The number of methoxy groups -OCH3 is 1. The minimum Gasteiger partial charge on any atom is -0.378 e. The molecule has 2 aromatic rings. The Labute approximate surface area is 118 Å². The molecular weight excluding hydrogens is 254 g/mol. The van der Waals surface area contributed by atoms with Crippen LogP contribution in [0.2, 0.25) is 0 Å². The number of rotatable bonds is 5. The largest absolute Gasteiger partial charge is 0.378 e. The first kappa shape index (κ1) is 13.5. The Morgan fingerprint density at radius 2 is 2.30 bits per heavy atom. The fourth-order valence-corrected chi connectivity index (χ4v) is 2.79. The summed E-state index contributed by atoms with van der Waals surface area (Å²) in [6, 6.07) is 8.30. The summed E-state index contributed by atoms with van der Waals surface area (Å²) in [5, 5.41) is 9.25. The van der Waals surface area contributed by atoms with Crippen molar-refractivity contribution in [1.29, 1.82) is 0 Å². The lowest BCUT2D eigenvalue weighted by molar-refractivity contribution is -0.0159. The van der Waals surface area contributed by atoms with Gasteiger partial charge in [0, 0.05) is 45.7 Å². The Kier molecular flexibility index (Phi) is 3.74. The summed E-state index contributed by atoms with van der Waals surface area (Å²) in [4.78, 5) is 0. The number of hydrogen-bond acceptors (Lipinski definition) is 4. The maximum Gasteiger partial charge on any atom is 0.106 e. The lowest BCUT2D eigenvalue weighted by Gasteiger charge is -2.25. The number of nitrogens with zero attached hydrogens (tertiary/aromatic N) is 2. The van der Waals surface area contributed by atoms with E-state index in [0.29, 0.717) is 6.61 Å². The highest BCUT2D eigenvalue weighted by atomic mass is 16.5. The van der Waals surface area contributed by atoms with Crippen LogP contribution in [0, 0.1) is 0 Å². The van der Waals surface area contributed by atoms with E-state index >= 15 is 0 Å². The zero-order valence-electron chi connectivity index (χ0n) is 12.1. The van der Waals surface area contributed by atoms with Gasteiger partial charge in [0.05, 0.1) is 17.8 Å². The van der Waals surface area contributed by atoms with Crippen LogP contribution in [-0.2, 0) is 23.1 Å². The number of hydrogen-bond donors (Lipinski definition) is 1. The molecule has 1 saturated heterocycles. The monoisotopic (exact) mass is 275 g/mol. The molecule has 1 aliphatic rings. The van der Waals surface area contributed by atoms with E-state index in [2.05, 4.69) is 28.6 Å². The molecule has 5 nitrogen and oxygen atoms in total. The number of aryl methyl sites for hydroxylation is 1. The maximum atomic E-state index is 5.62. The smallest absolute Gasteiger partial charge is 0.106 e. The lowest BCUT2D eigenvalue weighted by Crippen LogP contribution is -2.42. The van der Waals surface area contributed by atoms with Crippen molar-refractivity contribution < 1.29 is 9.47 Å². The summed E-state index contributed by atoms with van der Waals surface area (Å²) in [6.45, 7) is 2.97. The van der Waals surface area contributed by atoms with Crippen LogP contribution in [0.25, 0.3) is 10.9 Å². The molecule has 0 amide bonds. The van der Waals surface area contributed by atoms with Crippen LogP contribution in [0.15, 0.2) is 24.3 Å². The molecule has 1 aromatic heterocycles. The number of ether oxygens (including phenoxy) is 2. The maximum absolute atomic E-state index is 5.62. The summed E-state index contributed by atoms with van der Waals surface area (Å²) >= 11 is 0. The fraction of sp³-hybridized carbons (Fsp3) is 0.533. The summed E-state index contributed by atoms with van der Waals surface area (Å²) in [5.41, 5.74) is 2.06. The molecule has 1 aliphatic heterocycles. The summed E-state index contributed by atoms with van der Waals surface area (Å²) in [6.07, 6.45) is 0.944. The van der Waals surface area contributed by atoms with E-state index in [0.717, 1.165) is 37.3 Å². The van der Waals surface area contributed by atoms with Gasteiger partial charge in [-0.05, 0) is 6.07 Å². The molecule has 1 unspecified atom stereocenters. The van der Waals surface area contributed by atoms with Crippen molar-refractivity contribution in [1.82, 2.24) is 15.1 Å². The van der Waals surface area contributed by atoms with Gasteiger partial charge in [-0.3, -0.25) is 4.68 Å². The van der Waals surface area contributed by atoms with Gasteiger partial charge in [0.1, 0.15) is 5.60 Å². The predicted octanol–water partition coefficient (Wildman–Crippen LogP) is 1.47. The molecule has 1 aromatic carbocycles. The second-order valence-corrected chi connectivity index (χ2v) is 5.38. The molecule has 2 heterocycles. The number of benzene rings is 1. The summed E-state index contributed by atoms with van der Waals surface area (Å²) in [5.74, 6) is 0. The molecule has 108 valence electrons. The molecule has 1 fully saturated rings. The number of fused-ring (bicyclic) bond motifs is 1. The molecule has 1 N–H and O–H groups in total. The van der Waals surface area contributed by atoms with Crippen molar-refractivity contribution in [2.75, 3.05) is 26.9 Å². The van der Waals surface area contributed by atoms with Gasteiger partial charge < -0.3 is 14.8 Å². The van der Waals surface area contributed by atoms with Crippen LogP contribution >= 0.6 is 0 Å². The van der Waals surface area contributed by atoms with Gasteiger partial charge in [0.2, 0.25) is 0 Å². The van der Waals surface area contributed by atoms with Gasteiger partial charge in [-0.1, -0.05) is 18.2 Å². The molecule has 0 saturated carbocycles. The highest BCUT2D eigenvalue weighted by molar-refractivity contribution is 5.81. The van der Waals surface area contributed by atoms with Gasteiger partial charge in [-0.25, -0.2) is 0 Å². The van der Waals surface area contributed by atoms with Crippen molar-refractivity contribution in [3.63, 3.8) is 0 Å². The summed E-state index contributed by atoms with van der Waals surface area (Å²) in [7, 11) is 3.74. The van der Waals surface area contributed by atoms with E-state index in [1.165, 1.54) is 5.39 Å². The SMILES string of the molecule is COC1(CNCc2nn(C)c3ccccc23)CCOC1. The van der Waals surface area contributed by atoms with E-state index in [1.54, 1.807) is 7.11 Å². The van der Waals surface area contributed by atoms with Crippen LogP contribution < -0.4 is 5.32 Å². The van der Waals surface area contributed by atoms with Crippen LogP contribution in [0.5, 0.6) is 0 Å². The fourth-order valence-electron chi connectivity index (χ4n) is 2.79. The predicted molar refractivity (Wildman–Crippen MR) is 77.6 cm³/mol. The van der Waals surface area contributed by atoms with Gasteiger partial charge in [0.15, 0.2) is 0 Å². The van der Waals surface area contributed by atoms with Crippen molar-refractivity contribution in [3.8, 4) is 0 Å². The van der Waals surface area contributed by atoms with Crippen LogP contribution in [0.3, 0.4) is 0 Å². The van der Waals surface area contributed by atoms with Crippen LogP contribution in [0.4, 0.5) is 0 Å². The Hall–Kier alpha value is -1.43. The lowest BCUT2D eigenvalue weighted by atomic mass is 10.0. The third kappa shape index (κ3) is 2.44. The standard InChI is InChI=1S/C15H21N3O2/c1-18-14-6-4-3-5-12(14)13(17-18)9-16-10-15(19-2)7-8-20-11-15/h3-6,16H,7-11H2,1-2H3. The van der Waals surface area contributed by atoms with Crippen LogP contribution in [0.1, 0.15) is 12.1 Å². The van der Waals surface area contributed by atoms with Gasteiger partial charge in [0.25, 0.3) is 0 Å². The van der Waals surface area contributed by atoms with Gasteiger partial charge >= 0.3 is 0 Å². The number of para-hydroxylation sites is 1. The van der Waals surface area contributed by atoms with Crippen molar-refractivity contribution in [2.45, 2.75) is 18.6 Å². The minimum absolute atomic E-state index is 0.176. The first-order valence-electron chi connectivity index (χ1n) is 6.98. The second-order valence-electron chi connectivity index (χ2n) is 5.38. The zero-order valence-corrected chi connectivity index (χ0v) is 12.1. The first-order valence-corrected chi connectivity index (χ1v) is 6.98. The molecule has 0 spiro atoms. The highest BCUT2D eigenvalue weighted by Gasteiger charge is 2.34. The summed E-state index contributed by atoms with van der Waals surface area (Å²) < 4.78 is 13.0. The van der Waals surface area contributed by atoms with E-state index in [4.69, 9.17) is 9.47 Å². The first-order chi connectivity index (χ1) is 9.74. The quantitative estimate of drug-likeness (QED) is 0.897. The molecule has 0 radical (unpaired) electrons. The normalized spacial score (nSPS) is 22.7. The Balaban J connectivity index is 1.68. The molecule has 0 aliphatic carbocycles. The second kappa shape index (κ2) is 5.52. The van der Waals surface area contributed by atoms with Crippen molar-refractivity contribution in [3.05, 3.63) is 30.0 Å². The molecule has 3 rings (SSSR count). The number of nitrogens with one attached hydrogen (secondary N) is 1. The van der Waals surface area contributed by atoms with Crippen molar-refractivity contribution >= 4 is 10.9 Å². The molecule has 1 atom stereocenters. The Morgan fingerprint density at radius 3 is 3.05 bits per heavy atom. The molecular formula is C15H21N3O2. The molecule has 20 heavy (non-hydrogen) atoms. The number of aromatic nitrogens is 2. The van der Waals surface area contributed by atoms with Crippen LogP contribution in [-0.4, -0.2) is 42.2 Å². The molecule has 5 heteroatoms. The van der Waals surface area contributed by atoms with E-state index in [9.17, 15) is 0 Å². The minimum atomic E-state index is -0.176. The topological polar surface area (TPSA) is 48.3 Å².